The predicted octanol–water partition coefficient (Wildman–Crippen LogP) is 2.72. The van der Waals surface area contributed by atoms with Crippen LogP contribution < -0.4 is 0 Å². The van der Waals surface area contributed by atoms with Crippen molar-refractivity contribution in [3.63, 3.8) is 0 Å². The molecule has 1 amide bonds. The lowest BCUT2D eigenvalue weighted by molar-refractivity contribution is -0.132. The second-order valence-electron chi connectivity index (χ2n) is 6.68. The Labute approximate surface area is 137 Å². The van der Waals surface area contributed by atoms with Crippen molar-refractivity contribution >= 4 is 17.7 Å². The first-order valence-electron chi connectivity index (χ1n) is 8.15. The molecule has 2 aliphatic rings. The molecule has 2 bridgehead atoms. The van der Waals surface area contributed by atoms with E-state index in [1.807, 2.05) is 12.3 Å². The summed E-state index contributed by atoms with van der Waals surface area (Å²) in [6, 6.07) is 10.9. The third-order valence-corrected chi connectivity index (χ3v) is 5.99. The number of fused-ring (bicyclic) bond motifs is 2. The van der Waals surface area contributed by atoms with Gasteiger partial charge in [-0.25, -0.2) is 0 Å². The monoisotopic (exact) mass is 319 g/mol. The van der Waals surface area contributed by atoms with E-state index in [0.717, 1.165) is 31.4 Å². The SMILES string of the molecule is CSCCC(=O)N1[C@H]2CC[C@@H]1[C@@](CO)(Cc1ccccc1)C2. The molecule has 120 valence electrons. The Morgan fingerprint density at radius 1 is 1.36 bits per heavy atom. The number of carbonyl (C=O) groups excluding carboxylic acids is 1. The van der Waals surface area contributed by atoms with Gasteiger partial charge in [-0.15, -0.1) is 0 Å². The second-order valence-corrected chi connectivity index (χ2v) is 7.66. The average molecular weight is 319 g/mol. The van der Waals surface area contributed by atoms with Crippen molar-refractivity contribution in [2.45, 2.75) is 44.2 Å². The number of hydrogen-bond acceptors (Lipinski definition) is 3. The smallest absolute Gasteiger partial charge is 0.223 e. The molecule has 0 unspecified atom stereocenters. The van der Waals surface area contributed by atoms with Crippen LogP contribution in [0.5, 0.6) is 0 Å². The molecule has 3 nitrogen and oxygen atoms in total. The van der Waals surface area contributed by atoms with Gasteiger partial charge >= 0.3 is 0 Å². The first kappa shape index (κ1) is 15.9. The summed E-state index contributed by atoms with van der Waals surface area (Å²) in [7, 11) is 0. The van der Waals surface area contributed by atoms with E-state index in [4.69, 9.17) is 0 Å². The lowest BCUT2D eigenvalue weighted by Gasteiger charge is -2.36. The van der Waals surface area contributed by atoms with Gasteiger partial charge < -0.3 is 10.0 Å². The van der Waals surface area contributed by atoms with Gasteiger partial charge in [0.1, 0.15) is 0 Å². The van der Waals surface area contributed by atoms with Crippen LogP contribution in [0.2, 0.25) is 0 Å². The van der Waals surface area contributed by atoms with Gasteiger partial charge in [-0.05, 0) is 37.5 Å². The van der Waals surface area contributed by atoms with E-state index < -0.39 is 0 Å². The molecule has 2 heterocycles. The Hall–Kier alpha value is -1.00. The van der Waals surface area contributed by atoms with Crippen LogP contribution in [0.3, 0.4) is 0 Å². The molecule has 0 aliphatic carbocycles. The Kier molecular flexibility index (Phi) is 4.79. The molecule has 0 spiro atoms. The summed E-state index contributed by atoms with van der Waals surface area (Å²) in [4.78, 5) is 14.7. The number of carbonyl (C=O) groups is 1. The molecule has 1 N–H and O–H groups in total. The van der Waals surface area contributed by atoms with Gasteiger partial charge in [-0.1, -0.05) is 30.3 Å². The molecule has 0 saturated carbocycles. The molecule has 2 fully saturated rings. The molecule has 4 heteroatoms. The Balaban J connectivity index is 1.78. The molecule has 22 heavy (non-hydrogen) atoms. The van der Waals surface area contributed by atoms with Crippen molar-refractivity contribution in [1.82, 2.24) is 4.90 Å². The van der Waals surface area contributed by atoms with Crippen LogP contribution in [0.15, 0.2) is 30.3 Å². The largest absolute Gasteiger partial charge is 0.396 e. The van der Waals surface area contributed by atoms with Crippen LogP contribution in [-0.4, -0.2) is 46.6 Å². The summed E-state index contributed by atoms with van der Waals surface area (Å²) in [6.07, 6.45) is 6.64. The minimum Gasteiger partial charge on any atom is -0.396 e. The highest BCUT2D eigenvalue weighted by atomic mass is 32.2. The predicted molar refractivity (Wildman–Crippen MR) is 90.9 cm³/mol. The van der Waals surface area contributed by atoms with Crippen LogP contribution >= 0.6 is 11.8 Å². The fourth-order valence-corrected chi connectivity index (χ4v) is 4.78. The standard InChI is InChI=1S/C18H25NO2S/c1-22-10-9-17(21)19-15-7-8-16(19)18(12-15,13-20)11-14-5-3-2-4-6-14/h2-6,15-16,20H,7-13H2,1H3/t15-,16+,18-/m0/s1. The van der Waals surface area contributed by atoms with Crippen molar-refractivity contribution in [2.75, 3.05) is 18.6 Å². The molecule has 3 atom stereocenters. The number of amides is 1. The van der Waals surface area contributed by atoms with Gasteiger partial charge in [0.15, 0.2) is 0 Å². The highest BCUT2D eigenvalue weighted by Gasteiger charge is 2.56. The molecule has 1 aromatic rings. The fourth-order valence-electron chi connectivity index (χ4n) is 4.40. The van der Waals surface area contributed by atoms with Crippen LogP contribution in [0, 0.1) is 5.41 Å². The Morgan fingerprint density at radius 2 is 2.14 bits per heavy atom. The van der Waals surface area contributed by atoms with Gasteiger partial charge in [0, 0.05) is 29.7 Å². The maximum absolute atomic E-state index is 12.6. The minimum atomic E-state index is -0.140. The molecular weight excluding hydrogens is 294 g/mol. The van der Waals surface area contributed by atoms with E-state index in [-0.39, 0.29) is 24.0 Å². The van der Waals surface area contributed by atoms with E-state index in [9.17, 15) is 9.90 Å². The minimum absolute atomic E-state index is 0.140. The number of thioether (sulfide) groups is 1. The third-order valence-electron chi connectivity index (χ3n) is 5.37. The summed E-state index contributed by atoms with van der Waals surface area (Å²) in [5.74, 6) is 1.17. The van der Waals surface area contributed by atoms with Crippen molar-refractivity contribution in [2.24, 2.45) is 5.41 Å². The van der Waals surface area contributed by atoms with E-state index in [0.29, 0.717) is 12.5 Å². The van der Waals surface area contributed by atoms with Gasteiger partial charge in [-0.2, -0.15) is 11.8 Å². The van der Waals surface area contributed by atoms with Crippen molar-refractivity contribution < 1.29 is 9.90 Å². The van der Waals surface area contributed by atoms with E-state index in [1.54, 1.807) is 11.8 Å². The Bertz CT molecular complexity index is 521. The summed E-state index contributed by atoms with van der Waals surface area (Å²) < 4.78 is 0. The molecule has 0 radical (unpaired) electrons. The summed E-state index contributed by atoms with van der Waals surface area (Å²) in [6.45, 7) is 0.176. The zero-order valence-electron chi connectivity index (χ0n) is 13.2. The number of aliphatic hydroxyl groups excluding tert-OH is 1. The number of rotatable bonds is 6. The van der Waals surface area contributed by atoms with Crippen molar-refractivity contribution in [3.8, 4) is 0 Å². The highest BCUT2D eigenvalue weighted by Crippen LogP contribution is 2.51. The molecule has 2 saturated heterocycles. The first-order valence-corrected chi connectivity index (χ1v) is 9.54. The maximum atomic E-state index is 12.6. The Morgan fingerprint density at radius 3 is 2.82 bits per heavy atom. The zero-order valence-corrected chi connectivity index (χ0v) is 14.0. The van der Waals surface area contributed by atoms with Gasteiger partial charge in [0.05, 0.1) is 6.61 Å². The van der Waals surface area contributed by atoms with Gasteiger partial charge in [0.2, 0.25) is 5.91 Å². The second kappa shape index (κ2) is 6.63. The lowest BCUT2D eigenvalue weighted by atomic mass is 9.70. The summed E-state index contributed by atoms with van der Waals surface area (Å²) in [5, 5.41) is 10.1. The summed E-state index contributed by atoms with van der Waals surface area (Å²) in [5.41, 5.74) is 1.12. The van der Waals surface area contributed by atoms with Gasteiger partial charge in [0.25, 0.3) is 0 Å². The maximum Gasteiger partial charge on any atom is 0.223 e. The van der Waals surface area contributed by atoms with Crippen LogP contribution in [0.1, 0.15) is 31.2 Å². The molecule has 0 aromatic heterocycles. The quantitative estimate of drug-likeness (QED) is 0.876. The van der Waals surface area contributed by atoms with Crippen LogP contribution in [0.4, 0.5) is 0 Å². The van der Waals surface area contributed by atoms with E-state index in [2.05, 4.69) is 29.2 Å². The number of nitrogens with zero attached hydrogens (tertiary/aromatic N) is 1. The van der Waals surface area contributed by atoms with Crippen molar-refractivity contribution in [3.05, 3.63) is 35.9 Å². The van der Waals surface area contributed by atoms with Crippen LogP contribution in [0.25, 0.3) is 0 Å². The zero-order chi connectivity index (χ0) is 15.6. The molecule has 1 aromatic carbocycles. The lowest BCUT2D eigenvalue weighted by Crippen LogP contribution is -2.44. The van der Waals surface area contributed by atoms with E-state index >= 15 is 0 Å². The highest BCUT2D eigenvalue weighted by molar-refractivity contribution is 7.98. The normalized spacial score (nSPS) is 30.0. The molecule has 2 aliphatic heterocycles. The number of hydrogen-bond donors (Lipinski definition) is 1. The number of benzene rings is 1. The first-order chi connectivity index (χ1) is 10.7. The van der Waals surface area contributed by atoms with Gasteiger partial charge in [-0.3, -0.25) is 4.79 Å². The summed E-state index contributed by atoms with van der Waals surface area (Å²) >= 11 is 1.72. The van der Waals surface area contributed by atoms with Crippen LogP contribution in [-0.2, 0) is 11.2 Å². The van der Waals surface area contributed by atoms with E-state index in [1.165, 1.54) is 5.56 Å². The van der Waals surface area contributed by atoms with Crippen molar-refractivity contribution in [1.29, 1.82) is 0 Å². The molecular formula is C18H25NO2S. The molecule has 3 rings (SSSR count). The fraction of sp³-hybridized carbons (Fsp3) is 0.611. The average Bonchev–Trinajstić information content (AvgIpc) is 3.09. The third kappa shape index (κ3) is 2.79. The number of aliphatic hydroxyl groups is 1. The topological polar surface area (TPSA) is 40.5 Å².